The molecule has 0 radical (unpaired) electrons. The number of aryl methyl sites for hydroxylation is 2. The fraction of sp³-hybridized carbons (Fsp3) is 0.333. The number of ketones is 1. The molecule has 0 aromatic heterocycles. The Morgan fingerprint density at radius 2 is 1.67 bits per heavy atom. The largest absolute Gasteiger partial charge is 0.353 e. The lowest BCUT2D eigenvalue weighted by Crippen LogP contribution is -2.38. The summed E-state index contributed by atoms with van der Waals surface area (Å²) in [4.78, 5) is 26.5. The van der Waals surface area contributed by atoms with Crippen molar-refractivity contribution in [3.63, 3.8) is 0 Å². The van der Waals surface area contributed by atoms with Crippen LogP contribution in [0.4, 0.5) is 20.2 Å². The zero-order valence-electron chi connectivity index (χ0n) is 20.4. The first-order valence-electron chi connectivity index (χ1n) is 12.7. The molecule has 1 fully saturated rings. The van der Waals surface area contributed by atoms with Gasteiger partial charge >= 0.3 is 0 Å². The maximum atomic E-state index is 14.1. The van der Waals surface area contributed by atoms with Gasteiger partial charge in [0.05, 0.1) is 5.69 Å². The highest BCUT2D eigenvalue weighted by atomic mass is 19.1. The zero-order valence-corrected chi connectivity index (χ0v) is 20.4. The van der Waals surface area contributed by atoms with Crippen LogP contribution >= 0.6 is 0 Å². The van der Waals surface area contributed by atoms with E-state index >= 15 is 0 Å². The second-order valence-electron chi connectivity index (χ2n) is 9.98. The van der Waals surface area contributed by atoms with Crippen LogP contribution in [0.5, 0.6) is 0 Å². The maximum Gasteiger partial charge on any atom is 0.251 e. The number of carbonyl (C=O) groups excluding carboxylic acids is 2. The van der Waals surface area contributed by atoms with Gasteiger partial charge in [0.1, 0.15) is 11.6 Å². The minimum atomic E-state index is -0.683. The van der Waals surface area contributed by atoms with Gasteiger partial charge in [0.25, 0.3) is 5.91 Å². The smallest absolute Gasteiger partial charge is 0.251 e. The highest BCUT2D eigenvalue weighted by molar-refractivity contribution is 6.12. The Kier molecular flexibility index (Phi) is 6.86. The molecule has 186 valence electrons. The van der Waals surface area contributed by atoms with E-state index in [1.54, 1.807) is 24.3 Å². The summed E-state index contributed by atoms with van der Waals surface area (Å²) in [5.41, 5.74) is 4.17. The number of benzene rings is 3. The number of anilines is 2. The van der Waals surface area contributed by atoms with Crippen molar-refractivity contribution in [2.45, 2.75) is 57.9 Å². The predicted octanol–water partition coefficient (Wildman–Crippen LogP) is 6.74. The van der Waals surface area contributed by atoms with E-state index in [9.17, 15) is 18.4 Å². The number of carbonyl (C=O) groups is 2. The van der Waals surface area contributed by atoms with Crippen molar-refractivity contribution in [2.75, 3.05) is 5.32 Å². The quantitative estimate of drug-likeness (QED) is 0.418. The van der Waals surface area contributed by atoms with E-state index in [-0.39, 0.29) is 23.4 Å². The summed E-state index contributed by atoms with van der Waals surface area (Å²) in [6, 6.07) is 14.2. The fourth-order valence-corrected chi connectivity index (χ4v) is 5.45. The van der Waals surface area contributed by atoms with E-state index in [0.29, 0.717) is 41.1 Å². The lowest BCUT2D eigenvalue weighted by Gasteiger charge is -2.28. The first kappa shape index (κ1) is 24.2. The van der Waals surface area contributed by atoms with Crippen LogP contribution < -0.4 is 10.6 Å². The van der Waals surface area contributed by atoms with Crippen LogP contribution in [0.1, 0.15) is 76.4 Å². The molecule has 5 rings (SSSR count). The molecule has 0 heterocycles. The number of nitrogens with one attached hydrogen (secondary N) is 2. The number of hydrogen-bond donors (Lipinski definition) is 2. The molecule has 0 bridgehead atoms. The van der Waals surface area contributed by atoms with Crippen LogP contribution in [0.3, 0.4) is 0 Å². The van der Waals surface area contributed by atoms with Crippen LogP contribution in [0.25, 0.3) is 0 Å². The lowest BCUT2D eigenvalue weighted by molar-refractivity contribution is 0.0919. The summed E-state index contributed by atoms with van der Waals surface area (Å²) in [7, 11) is 0. The molecule has 4 nitrogen and oxygen atoms in total. The van der Waals surface area contributed by atoms with Crippen molar-refractivity contribution in [3.8, 4) is 0 Å². The molecule has 0 saturated heterocycles. The summed E-state index contributed by atoms with van der Waals surface area (Å²) in [5, 5.41) is 6.12. The topological polar surface area (TPSA) is 58.2 Å². The van der Waals surface area contributed by atoms with Gasteiger partial charge in [-0.15, -0.1) is 0 Å². The number of halogens is 2. The number of hydrogen-bond acceptors (Lipinski definition) is 3. The summed E-state index contributed by atoms with van der Waals surface area (Å²) in [5.74, 6) is -1.08. The highest BCUT2D eigenvalue weighted by Gasteiger charge is 2.25. The average Bonchev–Trinajstić information content (AvgIpc) is 3.02. The molecule has 3 aromatic carbocycles. The Labute approximate surface area is 210 Å². The second-order valence-corrected chi connectivity index (χ2v) is 9.98. The van der Waals surface area contributed by atoms with Gasteiger partial charge in [0, 0.05) is 34.5 Å². The third-order valence-corrected chi connectivity index (χ3v) is 7.56. The van der Waals surface area contributed by atoms with Crippen molar-refractivity contribution in [1.82, 2.24) is 5.32 Å². The van der Waals surface area contributed by atoms with E-state index < -0.39 is 11.6 Å². The van der Waals surface area contributed by atoms with Crippen LogP contribution in [-0.4, -0.2) is 17.7 Å². The predicted molar refractivity (Wildman–Crippen MR) is 137 cm³/mol. The fourth-order valence-electron chi connectivity index (χ4n) is 5.45. The van der Waals surface area contributed by atoms with Gasteiger partial charge in [-0.25, -0.2) is 8.78 Å². The van der Waals surface area contributed by atoms with Gasteiger partial charge in [-0.3, -0.25) is 9.59 Å². The number of rotatable bonds is 5. The summed E-state index contributed by atoms with van der Waals surface area (Å²) in [6.45, 7) is 2.07. The molecule has 0 aliphatic heterocycles. The number of fused-ring (bicyclic) bond motifs is 2. The molecule has 2 aliphatic carbocycles. The molecule has 1 amide bonds. The van der Waals surface area contributed by atoms with E-state index in [1.165, 1.54) is 31.4 Å². The third-order valence-electron chi connectivity index (χ3n) is 7.56. The van der Waals surface area contributed by atoms with Gasteiger partial charge in [0.15, 0.2) is 5.78 Å². The van der Waals surface area contributed by atoms with Gasteiger partial charge in [-0.1, -0.05) is 25.3 Å². The Morgan fingerprint density at radius 3 is 2.44 bits per heavy atom. The minimum Gasteiger partial charge on any atom is -0.353 e. The summed E-state index contributed by atoms with van der Waals surface area (Å²) < 4.78 is 27.3. The minimum absolute atomic E-state index is 0.102. The summed E-state index contributed by atoms with van der Waals surface area (Å²) in [6.07, 6.45) is 7.29. The van der Waals surface area contributed by atoms with Gasteiger partial charge in [-0.2, -0.15) is 0 Å². The SMILES string of the molecule is CC(NC(=O)c1ccc2c(c1)C(=O)c1ccc(Nc3ccc(F)cc3F)cc1CC2)C1CCCCC1. The third kappa shape index (κ3) is 5.03. The van der Waals surface area contributed by atoms with Crippen LogP contribution in [0, 0.1) is 17.6 Å². The normalized spacial score (nSPS) is 16.5. The molecule has 1 saturated carbocycles. The first-order chi connectivity index (χ1) is 17.4. The van der Waals surface area contributed by atoms with E-state index in [2.05, 4.69) is 17.6 Å². The average molecular weight is 489 g/mol. The Balaban J connectivity index is 1.35. The molecule has 3 aromatic rings. The van der Waals surface area contributed by atoms with Gasteiger partial charge < -0.3 is 10.6 Å². The first-order valence-corrected chi connectivity index (χ1v) is 12.7. The van der Waals surface area contributed by atoms with Crippen molar-refractivity contribution < 1.29 is 18.4 Å². The molecular formula is C30H30F2N2O2. The molecule has 1 unspecified atom stereocenters. The second kappa shape index (κ2) is 10.2. The zero-order chi connectivity index (χ0) is 25.2. The van der Waals surface area contributed by atoms with E-state index in [1.807, 2.05) is 12.1 Å². The Hall–Kier alpha value is -3.54. The van der Waals surface area contributed by atoms with Crippen molar-refractivity contribution >= 4 is 23.1 Å². The Bertz CT molecular complexity index is 1310. The lowest BCUT2D eigenvalue weighted by atomic mass is 9.84. The molecular weight excluding hydrogens is 458 g/mol. The Morgan fingerprint density at radius 1 is 0.889 bits per heavy atom. The summed E-state index contributed by atoms with van der Waals surface area (Å²) >= 11 is 0. The monoisotopic (exact) mass is 488 g/mol. The van der Waals surface area contributed by atoms with Gasteiger partial charge in [0.2, 0.25) is 0 Å². The standard InChI is InChI=1S/C30H30F2N2O2/c1-18(19-5-3-2-4-6-19)33-30(36)22-10-8-20-7-9-21-15-24(12-13-25(21)29(35)26(20)16-22)34-28-14-11-23(31)17-27(28)32/h8,10-19,34H,2-7,9H2,1H3,(H,33,36). The molecule has 6 heteroatoms. The van der Waals surface area contributed by atoms with E-state index in [0.717, 1.165) is 30.0 Å². The number of amides is 1. The highest BCUT2D eigenvalue weighted by Crippen LogP contribution is 2.30. The van der Waals surface area contributed by atoms with Crippen molar-refractivity contribution in [1.29, 1.82) is 0 Å². The van der Waals surface area contributed by atoms with Gasteiger partial charge in [-0.05, 0) is 92.1 Å². The molecule has 36 heavy (non-hydrogen) atoms. The van der Waals surface area contributed by atoms with Crippen LogP contribution in [-0.2, 0) is 12.8 Å². The van der Waals surface area contributed by atoms with Crippen molar-refractivity contribution in [3.05, 3.63) is 94.0 Å². The van der Waals surface area contributed by atoms with Crippen LogP contribution in [0.2, 0.25) is 0 Å². The van der Waals surface area contributed by atoms with Crippen LogP contribution in [0.15, 0.2) is 54.6 Å². The molecule has 1 atom stereocenters. The molecule has 0 spiro atoms. The maximum absolute atomic E-state index is 14.1. The van der Waals surface area contributed by atoms with Crippen molar-refractivity contribution in [2.24, 2.45) is 5.92 Å². The van der Waals surface area contributed by atoms with E-state index in [4.69, 9.17) is 0 Å². The molecule has 2 N–H and O–H groups in total. The molecule has 2 aliphatic rings.